The van der Waals surface area contributed by atoms with Crippen molar-refractivity contribution in [1.29, 1.82) is 0 Å². The monoisotopic (exact) mass is 294 g/mol. The lowest BCUT2D eigenvalue weighted by Crippen LogP contribution is -1.97. The summed E-state index contributed by atoms with van der Waals surface area (Å²) in [6, 6.07) is 8.92. The molecule has 0 bridgehead atoms. The maximum Gasteiger partial charge on any atom is 0.159 e. The summed E-state index contributed by atoms with van der Waals surface area (Å²) in [5.41, 5.74) is 0.655. The molecule has 0 aliphatic heterocycles. The van der Waals surface area contributed by atoms with Crippen LogP contribution in [-0.2, 0) is 6.61 Å². The van der Waals surface area contributed by atoms with E-state index in [-0.39, 0.29) is 5.78 Å². The van der Waals surface area contributed by atoms with Crippen LogP contribution in [0.15, 0.2) is 45.5 Å². The number of furan rings is 1. The quantitative estimate of drug-likeness (QED) is 0.805. The number of hydrogen-bond acceptors (Lipinski definition) is 3. The molecule has 3 nitrogen and oxygen atoms in total. The molecule has 2 rings (SSSR count). The Hall–Kier alpha value is -1.55. The molecule has 0 saturated heterocycles. The molecular formula is C13H11BrO3. The molecule has 1 heterocycles. The first-order valence-corrected chi connectivity index (χ1v) is 5.92. The van der Waals surface area contributed by atoms with Gasteiger partial charge in [-0.25, -0.2) is 0 Å². The number of Topliss-reactive ketones (excluding diaryl/α,β-unsaturated/α-hetero) is 1. The molecule has 0 atom stereocenters. The maximum atomic E-state index is 11.2. The van der Waals surface area contributed by atoms with Gasteiger partial charge in [0.2, 0.25) is 0 Å². The van der Waals surface area contributed by atoms with Gasteiger partial charge in [0.25, 0.3) is 0 Å². The first kappa shape index (κ1) is 11.9. The van der Waals surface area contributed by atoms with Crippen molar-refractivity contribution < 1.29 is 13.9 Å². The minimum atomic E-state index is 0.0308. The molecule has 0 radical (unpaired) electrons. The summed E-state index contributed by atoms with van der Waals surface area (Å²) in [6.45, 7) is 1.90. The smallest absolute Gasteiger partial charge is 0.159 e. The van der Waals surface area contributed by atoms with Gasteiger partial charge >= 0.3 is 0 Å². The summed E-state index contributed by atoms with van der Waals surface area (Å²) in [7, 11) is 0. The van der Waals surface area contributed by atoms with Crippen LogP contribution in [0.1, 0.15) is 23.0 Å². The number of benzene rings is 1. The zero-order chi connectivity index (χ0) is 12.3. The van der Waals surface area contributed by atoms with Crippen molar-refractivity contribution in [2.24, 2.45) is 0 Å². The highest BCUT2D eigenvalue weighted by Crippen LogP contribution is 2.27. The summed E-state index contributed by atoms with van der Waals surface area (Å²) < 4.78 is 11.5. The normalized spacial score (nSPS) is 10.2. The average molecular weight is 295 g/mol. The lowest BCUT2D eigenvalue weighted by molar-refractivity contribution is 0.101. The van der Waals surface area contributed by atoms with Crippen molar-refractivity contribution >= 4 is 21.7 Å². The molecule has 17 heavy (non-hydrogen) atoms. The third-order valence-corrected chi connectivity index (χ3v) is 2.91. The van der Waals surface area contributed by atoms with E-state index in [9.17, 15) is 4.79 Å². The fourth-order valence-corrected chi connectivity index (χ4v) is 1.87. The Bertz CT molecular complexity index is 517. The number of halogens is 1. The highest BCUT2D eigenvalue weighted by atomic mass is 79.9. The predicted octanol–water partition coefficient (Wildman–Crippen LogP) is 3.82. The zero-order valence-corrected chi connectivity index (χ0v) is 10.9. The third kappa shape index (κ3) is 2.97. The minimum absolute atomic E-state index is 0.0308. The number of carbonyl (C=O) groups excluding carboxylic acids is 1. The van der Waals surface area contributed by atoms with Crippen molar-refractivity contribution in [1.82, 2.24) is 0 Å². The molecule has 0 amide bonds. The van der Waals surface area contributed by atoms with E-state index in [4.69, 9.17) is 9.15 Å². The fourth-order valence-electron chi connectivity index (χ4n) is 1.38. The SMILES string of the molecule is CC(=O)c1ccc(OCc2ccco2)c(Br)c1. The van der Waals surface area contributed by atoms with Crippen molar-refractivity contribution in [2.75, 3.05) is 0 Å². The lowest BCUT2D eigenvalue weighted by Gasteiger charge is -2.07. The first-order valence-electron chi connectivity index (χ1n) is 5.12. The summed E-state index contributed by atoms with van der Waals surface area (Å²) in [4.78, 5) is 11.2. The Balaban J connectivity index is 2.09. The van der Waals surface area contributed by atoms with Crippen LogP contribution in [0.2, 0.25) is 0 Å². The standard InChI is InChI=1S/C13H11BrO3/c1-9(15)10-4-5-13(12(14)7-10)17-8-11-3-2-6-16-11/h2-7H,8H2,1H3. The molecular weight excluding hydrogens is 284 g/mol. The second-order valence-electron chi connectivity index (χ2n) is 3.57. The van der Waals surface area contributed by atoms with E-state index in [0.717, 1.165) is 10.2 Å². The van der Waals surface area contributed by atoms with Gasteiger partial charge in [0.05, 0.1) is 10.7 Å². The Labute approximate surface area is 108 Å². The van der Waals surface area contributed by atoms with Crippen LogP contribution in [-0.4, -0.2) is 5.78 Å². The Morgan fingerprint density at radius 2 is 2.24 bits per heavy atom. The minimum Gasteiger partial charge on any atom is -0.484 e. The number of hydrogen-bond donors (Lipinski definition) is 0. The largest absolute Gasteiger partial charge is 0.484 e. The van der Waals surface area contributed by atoms with E-state index in [0.29, 0.717) is 17.9 Å². The second-order valence-corrected chi connectivity index (χ2v) is 4.42. The molecule has 1 aromatic heterocycles. The molecule has 0 saturated carbocycles. The van der Waals surface area contributed by atoms with Gasteiger partial charge in [-0.1, -0.05) is 0 Å². The van der Waals surface area contributed by atoms with Crippen LogP contribution in [0.5, 0.6) is 5.75 Å². The molecule has 88 valence electrons. The van der Waals surface area contributed by atoms with Crippen molar-refractivity contribution in [3.8, 4) is 5.75 Å². The van der Waals surface area contributed by atoms with Gasteiger partial charge in [-0.05, 0) is 53.2 Å². The molecule has 1 aromatic carbocycles. The number of carbonyl (C=O) groups is 1. The maximum absolute atomic E-state index is 11.2. The average Bonchev–Trinajstić information content (AvgIpc) is 2.80. The molecule has 2 aromatic rings. The molecule has 0 aliphatic carbocycles. The van der Waals surface area contributed by atoms with Crippen LogP contribution >= 0.6 is 15.9 Å². The molecule has 0 aliphatic rings. The first-order chi connectivity index (χ1) is 8.16. The van der Waals surface area contributed by atoms with Crippen molar-refractivity contribution in [3.05, 3.63) is 52.4 Å². The van der Waals surface area contributed by atoms with Crippen molar-refractivity contribution in [3.63, 3.8) is 0 Å². The van der Waals surface area contributed by atoms with E-state index in [1.54, 1.807) is 24.5 Å². The van der Waals surface area contributed by atoms with Gasteiger partial charge in [0, 0.05) is 5.56 Å². The highest BCUT2D eigenvalue weighted by Gasteiger charge is 2.06. The summed E-state index contributed by atoms with van der Waals surface area (Å²) >= 11 is 3.37. The zero-order valence-electron chi connectivity index (χ0n) is 9.27. The molecule has 0 unspecified atom stereocenters. The van der Waals surface area contributed by atoms with E-state index in [1.165, 1.54) is 6.92 Å². The Morgan fingerprint density at radius 3 is 2.82 bits per heavy atom. The summed E-state index contributed by atoms with van der Waals surface area (Å²) in [5.74, 6) is 1.47. The lowest BCUT2D eigenvalue weighted by atomic mass is 10.1. The van der Waals surface area contributed by atoms with Crippen LogP contribution in [0.25, 0.3) is 0 Å². The van der Waals surface area contributed by atoms with Crippen LogP contribution in [0.4, 0.5) is 0 Å². The molecule has 4 heteroatoms. The van der Waals surface area contributed by atoms with E-state index >= 15 is 0 Å². The van der Waals surface area contributed by atoms with Crippen LogP contribution in [0.3, 0.4) is 0 Å². The predicted molar refractivity (Wildman–Crippen MR) is 67.2 cm³/mol. The van der Waals surface area contributed by atoms with Gasteiger partial charge in [-0.3, -0.25) is 4.79 Å². The van der Waals surface area contributed by atoms with Crippen molar-refractivity contribution in [2.45, 2.75) is 13.5 Å². The van der Waals surface area contributed by atoms with Crippen LogP contribution < -0.4 is 4.74 Å². The van der Waals surface area contributed by atoms with E-state index in [2.05, 4.69) is 15.9 Å². The van der Waals surface area contributed by atoms with Crippen LogP contribution in [0, 0.1) is 0 Å². The second kappa shape index (κ2) is 5.19. The number of ether oxygens (including phenoxy) is 1. The molecule has 0 spiro atoms. The topological polar surface area (TPSA) is 39.4 Å². The summed E-state index contributed by atoms with van der Waals surface area (Å²) in [5, 5.41) is 0. The van der Waals surface area contributed by atoms with E-state index in [1.807, 2.05) is 12.1 Å². The fraction of sp³-hybridized carbons (Fsp3) is 0.154. The highest BCUT2D eigenvalue weighted by molar-refractivity contribution is 9.10. The van der Waals surface area contributed by atoms with Gasteiger partial charge in [-0.15, -0.1) is 0 Å². The van der Waals surface area contributed by atoms with Gasteiger partial charge in [-0.2, -0.15) is 0 Å². The van der Waals surface area contributed by atoms with Gasteiger partial charge < -0.3 is 9.15 Å². The Kier molecular flexibility index (Phi) is 3.64. The third-order valence-electron chi connectivity index (χ3n) is 2.29. The Morgan fingerprint density at radius 1 is 1.41 bits per heavy atom. The van der Waals surface area contributed by atoms with E-state index < -0.39 is 0 Å². The molecule has 0 fully saturated rings. The molecule has 0 N–H and O–H groups in total. The van der Waals surface area contributed by atoms with Gasteiger partial charge in [0.15, 0.2) is 5.78 Å². The number of rotatable bonds is 4. The van der Waals surface area contributed by atoms with Gasteiger partial charge in [0.1, 0.15) is 18.1 Å². The number of ketones is 1. The summed E-state index contributed by atoms with van der Waals surface area (Å²) in [6.07, 6.45) is 1.60.